The Bertz CT molecular complexity index is 1180. The Hall–Kier alpha value is -3.54. The van der Waals surface area contributed by atoms with Gasteiger partial charge in [-0.25, -0.2) is 13.5 Å². The molecule has 162 valence electrons. The molecule has 2 N–H and O–H groups in total. The largest absolute Gasteiger partial charge is 0.337 e. The maximum Gasteiger partial charge on any atom is 0.331 e. The molecule has 0 heterocycles. The first kappa shape index (κ1) is 23.1. The predicted molar refractivity (Wildman–Crippen MR) is 126 cm³/mol. The third-order valence-electron chi connectivity index (χ3n) is 4.53. The summed E-state index contributed by atoms with van der Waals surface area (Å²) in [6.07, 6.45) is 0.584. The third kappa shape index (κ3) is 5.78. The molecule has 0 unspecified atom stereocenters. The standard InChI is InChI=1S/C23H18ClFN4O2S/c24-19-13-17(9-10-21(19)28-22(30)18-3-1-2-4-20(18)25)29(32)23(31)27-12-11-15-5-7-16(14-26)8-6-15/h1-10,13,32H,11-12H2,(H,27,31)(H,28,30). The molecule has 0 atom stereocenters. The van der Waals surface area contributed by atoms with Crippen molar-refractivity contribution in [3.63, 3.8) is 0 Å². The highest BCUT2D eigenvalue weighted by atomic mass is 35.5. The summed E-state index contributed by atoms with van der Waals surface area (Å²) in [6.45, 7) is 0.367. The molecule has 3 aromatic rings. The minimum Gasteiger partial charge on any atom is -0.337 e. The van der Waals surface area contributed by atoms with Crippen molar-refractivity contribution in [1.82, 2.24) is 5.32 Å². The van der Waals surface area contributed by atoms with E-state index in [0.29, 0.717) is 24.2 Å². The lowest BCUT2D eigenvalue weighted by Gasteiger charge is -2.18. The van der Waals surface area contributed by atoms with Gasteiger partial charge in [-0.3, -0.25) is 4.79 Å². The molecule has 32 heavy (non-hydrogen) atoms. The fraction of sp³-hybridized carbons (Fsp3) is 0.0870. The first-order valence-corrected chi connectivity index (χ1v) is 10.3. The van der Waals surface area contributed by atoms with E-state index >= 15 is 0 Å². The van der Waals surface area contributed by atoms with E-state index in [1.165, 1.54) is 30.3 Å². The number of amides is 3. The van der Waals surface area contributed by atoms with Crippen LogP contribution in [-0.4, -0.2) is 18.5 Å². The second kappa shape index (κ2) is 10.7. The average molecular weight is 469 g/mol. The van der Waals surface area contributed by atoms with Crippen LogP contribution in [0.4, 0.5) is 20.6 Å². The maximum absolute atomic E-state index is 13.8. The molecule has 0 aliphatic rings. The topological polar surface area (TPSA) is 85.2 Å². The van der Waals surface area contributed by atoms with Crippen LogP contribution < -0.4 is 14.9 Å². The number of carbonyl (C=O) groups is 2. The van der Waals surface area contributed by atoms with E-state index in [0.717, 1.165) is 9.87 Å². The number of nitrogens with one attached hydrogen (secondary N) is 2. The molecule has 3 rings (SSSR count). The maximum atomic E-state index is 13.8. The molecular weight excluding hydrogens is 451 g/mol. The number of rotatable bonds is 6. The van der Waals surface area contributed by atoms with Crippen LogP contribution in [0.2, 0.25) is 5.02 Å². The van der Waals surface area contributed by atoms with Gasteiger partial charge in [0.2, 0.25) is 0 Å². The zero-order valence-electron chi connectivity index (χ0n) is 16.7. The van der Waals surface area contributed by atoms with Crippen molar-refractivity contribution in [1.29, 1.82) is 5.26 Å². The first-order valence-electron chi connectivity index (χ1n) is 9.50. The number of anilines is 2. The smallest absolute Gasteiger partial charge is 0.331 e. The summed E-state index contributed by atoms with van der Waals surface area (Å²) in [5.41, 5.74) is 2.10. The van der Waals surface area contributed by atoms with Gasteiger partial charge < -0.3 is 10.6 Å². The van der Waals surface area contributed by atoms with Gasteiger partial charge >= 0.3 is 6.03 Å². The lowest BCUT2D eigenvalue weighted by molar-refractivity contribution is 0.102. The van der Waals surface area contributed by atoms with Crippen LogP contribution >= 0.6 is 24.4 Å². The van der Waals surface area contributed by atoms with E-state index in [-0.39, 0.29) is 16.3 Å². The van der Waals surface area contributed by atoms with Crippen molar-refractivity contribution < 1.29 is 14.0 Å². The molecule has 0 saturated heterocycles. The number of nitriles is 1. The Balaban J connectivity index is 1.58. The van der Waals surface area contributed by atoms with E-state index in [9.17, 15) is 14.0 Å². The lowest BCUT2D eigenvalue weighted by atomic mass is 10.1. The molecule has 3 amide bonds. The lowest BCUT2D eigenvalue weighted by Crippen LogP contribution is -2.35. The predicted octanol–water partition coefficient (Wildman–Crippen LogP) is 5.21. The minimum atomic E-state index is -0.642. The van der Waals surface area contributed by atoms with Crippen molar-refractivity contribution >= 4 is 47.7 Å². The van der Waals surface area contributed by atoms with Crippen LogP contribution in [0.1, 0.15) is 21.5 Å². The van der Waals surface area contributed by atoms with Crippen LogP contribution in [0.25, 0.3) is 0 Å². The van der Waals surface area contributed by atoms with Gasteiger partial charge in [0.25, 0.3) is 5.91 Å². The molecule has 0 saturated carbocycles. The second-order valence-corrected chi connectivity index (χ2v) is 7.51. The number of thiol groups is 1. The SMILES string of the molecule is N#Cc1ccc(CCNC(=O)N(S)c2ccc(NC(=O)c3ccccc3F)c(Cl)c2)cc1. The molecule has 3 aromatic carbocycles. The molecule has 0 aromatic heterocycles. The summed E-state index contributed by atoms with van der Waals surface area (Å²) >= 11 is 10.4. The Kier molecular flexibility index (Phi) is 7.71. The molecule has 0 aliphatic heterocycles. The van der Waals surface area contributed by atoms with Gasteiger partial charge in [0.1, 0.15) is 5.82 Å². The summed E-state index contributed by atoms with van der Waals surface area (Å²) < 4.78 is 14.9. The van der Waals surface area contributed by atoms with Gasteiger partial charge in [0, 0.05) is 6.54 Å². The van der Waals surface area contributed by atoms with Crippen LogP contribution in [0.15, 0.2) is 66.7 Å². The van der Waals surface area contributed by atoms with Crippen LogP contribution in [0.5, 0.6) is 0 Å². The number of carbonyl (C=O) groups excluding carboxylic acids is 2. The number of halogens is 2. The molecule has 0 radical (unpaired) electrons. The van der Waals surface area contributed by atoms with E-state index in [1.807, 2.05) is 12.1 Å². The fourth-order valence-corrected chi connectivity index (χ4v) is 3.24. The summed E-state index contributed by atoms with van der Waals surface area (Å²) in [7, 11) is 0. The highest BCUT2D eigenvalue weighted by molar-refractivity contribution is 7.82. The summed E-state index contributed by atoms with van der Waals surface area (Å²) in [5, 5.41) is 14.3. The van der Waals surface area contributed by atoms with Crippen molar-refractivity contribution in [2.45, 2.75) is 6.42 Å². The number of nitrogens with zero attached hydrogens (tertiary/aromatic N) is 2. The molecule has 9 heteroatoms. The summed E-state index contributed by atoms with van der Waals surface area (Å²) in [5.74, 6) is -1.28. The summed E-state index contributed by atoms with van der Waals surface area (Å²) in [6, 6.07) is 18.8. The highest BCUT2D eigenvalue weighted by Gasteiger charge is 2.16. The first-order chi connectivity index (χ1) is 15.4. The highest BCUT2D eigenvalue weighted by Crippen LogP contribution is 2.29. The zero-order chi connectivity index (χ0) is 23.1. The third-order valence-corrected chi connectivity index (χ3v) is 5.25. The number of hydrogen-bond acceptors (Lipinski definition) is 4. The Morgan fingerprint density at radius 1 is 1.09 bits per heavy atom. The monoisotopic (exact) mass is 468 g/mol. The van der Waals surface area contributed by atoms with Crippen LogP contribution in [0.3, 0.4) is 0 Å². The van der Waals surface area contributed by atoms with Gasteiger partial charge in [0.05, 0.1) is 33.6 Å². The van der Waals surface area contributed by atoms with E-state index in [1.54, 1.807) is 24.3 Å². The fourth-order valence-electron chi connectivity index (χ4n) is 2.82. The quantitative estimate of drug-likeness (QED) is 0.434. The number of hydrogen-bond donors (Lipinski definition) is 3. The normalized spacial score (nSPS) is 10.2. The average Bonchev–Trinajstić information content (AvgIpc) is 2.80. The minimum absolute atomic E-state index is 0.106. The van der Waals surface area contributed by atoms with Crippen LogP contribution in [-0.2, 0) is 6.42 Å². The molecule has 0 spiro atoms. The Morgan fingerprint density at radius 3 is 2.47 bits per heavy atom. The van der Waals surface area contributed by atoms with Crippen molar-refractivity contribution in [3.05, 3.63) is 94.3 Å². The molecular formula is C23H18ClFN4O2S. The second-order valence-electron chi connectivity index (χ2n) is 6.70. The van der Waals surface area contributed by atoms with E-state index < -0.39 is 17.8 Å². The van der Waals surface area contributed by atoms with Crippen molar-refractivity contribution in [3.8, 4) is 6.07 Å². The van der Waals surface area contributed by atoms with Gasteiger partial charge in [-0.1, -0.05) is 48.7 Å². The van der Waals surface area contributed by atoms with E-state index in [2.05, 4.69) is 29.5 Å². The van der Waals surface area contributed by atoms with Gasteiger partial charge in [-0.05, 0) is 54.4 Å². The Labute approximate surface area is 195 Å². The molecule has 0 bridgehead atoms. The van der Waals surface area contributed by atoms with Crippen LogP contribution in [0, 0.1) is 17.1 Å². The number of urea groups is 1. The van der Waals surface area contributed by atoms with E-state index in [4.69, 9.17) is 16.9 Å². The van der Waals surface area contributed by atoms with Crippen molar-refractivity contribution in [2.24, 2.45) is 0 Å². The van der Waals surface area contributed by atoms with Crippen molar-refractivity contribution in [2.75, 3.05) is 16.2 Å². The molecule has 6 nitrogen and oxygen atoms in total. The van der Waals surface area contributed by atoms with Gasteiger partial charge in [0.15, 0.2) is 0 Å². The molecule has 0 aliphatic carbocycles. The van der Waals surface area contributed by atoms with Gasteiger partial charge in [-0.2, -0.15) is 5.26 Å². The Morgan fingerprint density at radius 2 is 1.81 bits per heavy atom. The molecule has 0 fully saturated rings. The zero-order valence-corrected chi connectivity index (χ0v) is 18.3. The number of benzene rings is 3. The van der Waals surface area contributed by atoms with Gasteiger partial charge in [-0.15, -0.1) is 0 Å². The summed E-state index contributed by atoms with van der Waals surface area (Å²) in [4.78, 5) is 24.6.